The smallest absolute Gasteiger partial charge is 0.332 e. The number of carbonyl (C=O) groups excluding carboxylic acids is 1. The van der Waals surface area contributed by atoms with Gasteiger partial charge in [0.25, 0.3) is 0 Å². The molecule has 25 heavy (non-hydrogen) atoms. The van der Waals surface area contributed by atoms with E-state index in [1.165, 1.54) is 6.92 Å². The summed E-state index contributed by atoms with van der Waals surface area (Å²) in [7, 11) is 0. The third-order valence-corrected chi connectivity index (χ3v) is 4.35. The highest BCUT2D eigenvalue weighted by Gasteiger charge is 2.29. The van der Waals surface area contributed by atoms with E-state index in [4.69, 9.17) is 4.84 Å². The highest BCUT2D eigenvalue weighted by Crippen LogP contribution is 2.36. The zero-order valence-electron chi connectivity index (χ0n) is 13.1. The van der Waals surface area contributed by atoms with E-state index >= 15 is 0 Å². The van der Waals surface area contributed by atoms with Gasteiger partial charge in [-0.25, -0.2) is 9.79 Å². The Hall–Kier alpha value is -2.93. The van der Waals surface area contributed by atoms with Gasteiger partial charge in [-0.2, -0.15) is 0 Å². The molecule has 2 aromatic carbocycles. The van der Waals surface area contributed by atoms with Crippen LogP contribution < -0.4 is 0 Å². The number of carbonyl (C=O) groups is 1. The van der Waals surface area contributed by atoms with Crippen LogP contribution in [0.5, 0.6) is 5.88 Å². The van der Waals surface area contributed by atoms with Crippen molar-refractivity contribution in [2.24, 2.45) is 10.1 Å². The molecule has 1 aromatic heterocycles. The Morgan fingerprint density at radius 3 is 2.88 bits per heavy atom. The molecule has 2 heterocycles. The van der Waals surface area contributed by atoms with Gasteiger partial charge in [0, 0.05) is 22.3 Å². The molecule has 0 spiro atoms. The van der Waals surface area contributed by atoms with Crippen molar-refractivity contribution in [2.75, 3.05) is 0 Å². The number of hydrogen-bond donors (Lipinski definition) is 2. The van der Waals surface area contributed by atoms with Crippen molar-refractivity contribution < 1.29 is 14.7 Å². The van der Waals surface area contributed by atoms with Gasteiger partial charge in [0.15, 0.2) is 5.88 Å². The lowest BCUT2D eigenvalue weighted by molar-refractivity contribution is -0.140. The largest absolute Gasteiger partial charge is 0.494 e. The van der Waals surface area contributed by atoms with Gasteiger partial charge in [-0.1, -0.05) is 45.4 Å². The Bertz CT molecular complexity index is 1080. The van der Waals surface area contributed by atoms with E-state index in [-0.39, 0.29) is 5.88 Å². The number of nitrogens with one attached hydrogen (secondary N) is 1. The predicted molar refractivity (Wildman–Crippen MR) is 98.6 cm³/mol. The van der Waals surface area contributed by atoms with Crippen LogP contribution in [0.2, 0.25) is 0 Å². The summed E-state index contributed by atoms with van der Waals surface area (Å²) in [6.07, 6.45) is 0. The topological polar surface area (TPSA) is 87.0 Å². The lowest BCUT2D eigenvalue weighted by Crippen LogP contribution is -2.14. The van der Waals surface area contributed by atoms with Gasteiger partial charge < -0.3 is 14.9 Å². The fourth-order valence-corrected chi connectivity index (χ4v) is 3.21. The Labute approximate surface area is 151 Å². The number of rotatable bonds is 2. The molecule has 0 bridgehead atoms. The molecule has 7 heteroatoms. The Kier molecular flexibility index (Phi) is 3.65. The monoisotopic (exact) mass is 397 g/mol. The molecule has 0 saturated heterocycles. The number of H-pyrrole nitrogens is 1. The minimum atomic E-state index is -0.525. The number of benzene rings is 2. The lowest BCUT2D eigenvalue weighted by Gasteiger charge is -2.03. The molecule has 1 aliphatic rings. The highest BCUT2D eigenvalue weighted by molar-refractivity contribution is 9.10. The molecule has 0 radical (unpaired) electrons. The van der Waals surface area contributed by atoms with Gasteiger partial charge in [0.05, 0.1) is 16.8 Å². The standard InChI is InChI=1S/C18H12BrN3O3/c1-9(23)25-22-16-12-4-2-3-5-13(12)20-17(16)15-11-7-6-10(19)8-14(11)21-18(15)24/h2-8,21,24H,1H3/b22-16-. The number of halogens is 1. The fourth-order valence-electron chi connectivity index (χ4n) is 2.84. The summed E-state index contributed by atoms with van der Waals surface area (Å²) < 4.78 is 0.887. The maximum atomic E-state index is 11.2. The van der Waals surface area contributed by atoms with Crippen LogP contribution in [0.25, 0.3) is 10.9 Å². The molecule has 0 amide bonds. The second-order valence-corrected chi connectivity index (χ2v) is 6.45. The van der Waals surface area contributed by atoms with Crippen LogP contribution in [0.1, 0.15) is 18.1 Å². The van der Waals surface area contributed by atoms with Gasteiger partial charge in [-0.05, 0) is 18.2 Å². The van der Waals surface area contributed by atoms with Crippen molar-refractivity contribution in [3.63, 3.8) is 0 Å². The van der Waals surface area contributed by atoms with Crippen molar-refractivity contribution >= 4 is 49.9 Å². The molecule has 1 aliphatic heterocycles. The molecule has 4 rings (SSSR count). The van der Waals surface area contributed by atoms with Crippen LogP contribution in [0.15, 0.2) is 57.1 Å². The Morgan fingerprint density at radius 2 is 2.08 bits per heavy atom. The van der Waals surface area contributed by atoms with E-state index in [9.17, 15) is 9.90 Å². The molecule has 2 N–H and O–H groups in total. The SMILES string of the molecule is CC(=O)O/N=C1\C(c2c(O)[nH]c3cc(Br)ccc23)=Nc2ccccc21. The first kappa shape index (κ1) is 15.6. The summed E-state index contributed by atoms with van der Waals surface area (Å²) in [5.74, 6) is -0.543. The minimum Gasteiger partial charge on any atom is -0.494 e. The van der Waals surface area contributed by atoms with Crippen LogP contribution in [0.4, 0.5) is 5.69 Å². The maximum absolute atomic E-state index is 11.2. The zero-order valence-corrected chi connectivity index (χ0v) is 14.7. The van der Waals surface area contributed by atoms with Gasteiger partial charge in [0.1, 0.15) is 11.4 Å². The Balaban J connectivity index is 1.94. The molecule has 6 nitrogen and oxygen atoms in total. The van der Waals surface area contributed by atoms with E-state index < -0.39 is 5.97 Å². The molecule has 0 unspecified atom stereocenters. The van der Waals surface area contributed by atoms with E-state index in [1.807, 2.05) is 42.5 Å². The van der Waals surface area contributed by atoms with Crippen molar-refractivity contribution in [1.29, 1.82) is 0 Å². The Morgan fingerprint density at radius 1 is 1.28 bits per heavy atom. The first-order chi connectivity index (χ1) is 12.0. The van der Waals surface area contributed by atoms with E-state index in [0.29, 0.717) is 22.7 Å². The van der Waals surface area contributed by atoms with Gasteiger partial charge >= 0.3 is 5.97 Å². The number of para-hydroxylation sites is 1. The number of oxime groups is 1. The summed E-state index contributed by atoms with van der Waals surface area (Å²) in [6, 6.07) is 13.0. The number of aromatic nitrogens is 1. The molecule has 124 valence electrons. The third kappa shape index (κ3) is 2.62. The van der Waals surface area contributed by atoms with Crippen molar-refractivity contribution in [3.05, 3.63) is 58.1 Å². The van der Waals surface area contributed by atoms with Crippen LogP contribution in [-0.2, 0) is 9.63 Å². The van der Waals surface area contributed by atoms with Gasteiger partial charge in [0.2, 0.25) is 0 Å². The first-order valence-corrected chi connectivity index (χ1v) is 8.28. The minimum absolute atomic E-state index is 0.0184. The third-order valence-electron chi connectivity index (χ3n) is 3.86. The average Bonchev–Trinajstić information content (AvgIpc) is 3.08. The zero-order chi connectivity index (χ0) is 17.6. The molecule has 0 atom stereocenters. The van der Waals surface area contributed by atoms with Crippen molar-refractivity contribution in [2.45, 2.75) is 6.92 Å². The van der Waals surface area contributed by atoms with E-state index in [0.717, 1.165) is 20.9 Å². The quantitative estimate of drug-likeness (QED) is 0.505. The molecular formula is C18H12BrN3O3. The summed E-state index contributed by atoms with van der Waals surface area (Å²) in [5, 5.41) is 15.2. The maximum Gasteiger partial charge on any atom is 0.332 e. The van der Waals surface area contributed by atoms with Crippen LogP contribution >= 0.6 is 15.9 Å². The number of hydrogen-bond acceptors (Lipinski definition) is 5. The van der Waals surface area contributed by atoms with Gasteiger partial charge in [-0.15, -0.1) is 0 Å². The van der Waals surface area contributed by atoms with E-state index in [2.05, 4.69) is 31.1 Å². The second kappa shape index (κ2) is 5.86. The highest BCUT2D eigenvalue weighted by atomic mass is 79.9. The summed E-state index contributed by atoms with van der Waals surface area (Å²) in [5.41, 5.74) is 3.58. The van der Waals surface area contributed by atoms with Crippen molar-refractivity contribution in [1.82, 2.24) is 4.98 Å². The summed E-state index contributed by atoms with van der Waals surface area (Å²) >= 11 is 3.41. The molecule has 3 aromatic rings. The fraction of sp³-hybridized carbons (Fsp3) is 0.0556. The average molecular weight is 398 g/mol. The normalized spacial score (nSPS) is 14.6. The number of fused-ring (bicyclic) bond motifs is 2. The summed E-state index contributed by atoms with van der Waals surface area (Å²) in [4.78, 5) is 23.6. The molecule has 0 fully saturated rings. The van der Waals surface area contributed by atoms with Crippen molar-refractivity contribution in [3.8, 4) is 5.88 Å². The number of aliphatic imine (C=N–C) groups is 1. The number of nitrogens with zero attached hydrogens (tertiary/aromatic N) is 2. The van der Waals surface area contributed by atoms with Crippen LogP contribution in [-0.4, -0.2) is 27.5 Å². The lowest BCUT2D eigenvalue weighted by atomic mass is 10.0. The van der Waals surface area contributed by atoms with E-state index in [1.54, 1.807) is 0 Å². The molecule has 0 saturated carbocycles. The van der Waals surface area contributed by atoms with Crippen LogP contribution in [0, 0.1) is 0 Å². The summed E-state index contributed by atoms with van der Waals surface area (Å²) in [6.45, 7) is 1.28. The molecular weight excluding hydrogens is 386 g/mol. The number of aromatic amines is 1. The molecule has 0 aliphatic carbocycles. The van der Waals surface area contributed by atoms with Crippen LogP contribution in [0.3, 0.4) is 0 Å². The number of aromatic hydroxyl groups is 1. The van der Waals surface area contributed by atoms with Gasteiger partial charge in [-0.3, -0.25) is 0 Å². The predicted octanol–water partition coefficient (Wildman–Crippen LogP) is 4.04. The second-order valence-electron chi connectivity index (χ2n) is 5.54. The first-order valence-electron chi connectivity index (χ1n) is 7.49.